The van der Waals surface area contributed by atoms with Crippen LogP contribution < -0.4 is 5.32 Å². The van der Waals surface area contributed by atoms with E-state index >= 15 is 0 Å². The number of allylic oxidation sites excluding steroid dienone is 3. The average molecular weight is 225 g/mol. The fraction of sp³-hybridized carbons (Fsp3) is 0.714. The van der Waals surface area contributed by atoms with Gasteiger partial charge in [0.2, 0.25) is 0 Å². The van der Waals surface area contributed by atoms with E-state index in [2.05, 4.69) is 30.5 Å². The SMILES string of the molecule is C/C=C\C(CC/C=C/CCC(C)NC)OC. The lowest BCUT2D eigenvalue weighted by Gasteiger charge is -2.08. The summed E-state index contributed by atoms with van der Waals surface area (Å²) in [5.41, 5.74) is 0. The smallest absolute Gasteiger partial charge is 0.0754 e. The summed E-state index contributed by atoms with van der Waals surface area (Å²) in [5, 5.41) is 3.24. The number of hydrogen-bond donors (Lipinski definition) is 1. The highest BCUT2D eigenvalue weighted by Gasteiger charge is 1.99. The first-order valence-electron chi connectivity index (χ1n) is 6.22. The highest BCUT2D eigenvalue weighted by atomic mass is 16.5. The predicted octanol–water partition coefficient (Wildman–Crippen LogP) is 3.30. The molecule has 0 spiro atoms. The summed E-state index contributed by atoms with van der Waals surface area (Å²) in [5.74, 6) is 0. The Labute approximate surface area is 101 Å². The summed E-state index contributed by atoms with van der Waals surface area (Å²) in [6.45, 7) is 4.24. The van der Waals surface area contributed by atoms with Crippen LogP contribution >= 0.6 is 0 Å². The van der Waals surface area contributed by atoms with Gasteiger partial charge in [-0.3, -0.25) is 0 Å². The van der Waals surface area contributed by atoms with E-state index in [0.29, 0.717) is 6.04 Å². The second kappa shape index (κ2) is 10.9. The van der Waals surface area contributed by atoms with E-state index in [9.17, 15) is 0 Å². The highest BCUT2D eigenvalue weighted by Crippen LogP contribution is 2.05. The summed E-state index contributed by atoms with van der Waals surface area (Å²) in [6.07, 6.45) is 13.5. The van der Waals surface area contributed by atoms with Crippen LogP contribution in [0.3, 0.4) is 0 Å². The Balaban J connectivity index is 3.52. The average Bonchev–Trinajstić information content (AvgIpc) is 2.31. The summed E-state index contributed by atoms with van der Waals surface area (Å²) in [6, 6.07) is 0.611. The molecule has 94 valence electrons. The van der Waals surface area contributed by atoms with Crippen molar-refractivity contribution in [3.8, 4) is 0 Å². The molecule has 0 radical (unpaired) electrons. The molecule has 0 aliphatic heterocycles. The van der Waals surface area contributed by atoms with E-state index in [1.54, 1.807) is 7.11 Å². The molecule has 0 aromatic heterocycles. The van der Waals surface area contributed by atoms with Crippen LogP contribution in [0.5, 0.6) is 0 Å². The molecule has 1 N–H and O–H groups in total. The quantitative estimate of drug-likeness (QED) is 0.608. The summed E-state index contributed by atoms with van der Waals surface area (Å²) in [4.78, 5) is 0. The van der Waals surface area contributed by atoms with Crippen molar-refractivity contribution >= 4 is 0 Å². The van der Waals surface area contributed by atoms with Gasteiger partial charge in [-0.15, -0.1) is 0 Å². The third-order valence-electron chi connectivity index (χ3n) is 2.75. The third-order valence-corrected chi connectivity index (χ3v) is 2.75. The highest BCUT2D eigenvalue weighted by molar-refractivity contribution is 4.90. The summed E-state index contributed by atoms with van der Waals surface area (Å²) in [7, 11) is 3.78. The molecule has 0 fully saturated rings. The summed E-state index contributed by atoms with van der Waals surface area (Å²) >= 11 is 0. The Kier molecular flexibility index (Phi) is 10.5. The topological polar surface area (TPSA) is 21.3 Å². The first-order valence-corrected chi connectivity index (χ1v) is 6.22. The first-order chi connectivity index (χ1) is 7.74. The van der Waals surface area contributed by atoms with Gasteiger partial charge >= 0.3 is 0 Å². The minimum atomic E-state index is 0.269. The molecular formula is C14H27NO. The van der Waals surface area contributed by atoms with Crippen molar-refractivity contribution in [2.75, 3.05) is 14.2 Å². The zero-order chi connectivity index (χ0) is 12.2. The van der Waals surface area contributed by atoms with Crippen molar-refractivity contribution in [3.05, 3.63) is 24.3 Å². The van der Waals surface area contributed by atoms with E-state index in [-0.39, 0.29) is 6.10 Å². The van der Waals surface area contributed by atoms with Gasteiger partial charge in [-0.25, -0.2) is 0 Å². The molecule has 0 amide bonds. The largest absolute Gasteiger partial charge is 0.377 e. The van der Waals surface area contributed by atoms with E-state index in [1.165, 1.54) is 6.42 Å². The fourth-order valence-electron chi connectivity index (χ4n) is 1.49. The van der Waals surface area contributed by atoms with E-state index < -0.39 is 0 Å². The van der Waals surface area contributed by atoms with Gasteiger partial charge in [0, 0.05) is 13.2 Å². The molecule has 2 nitrogen and oxygen atoms in total. The van der Waals surface area contributed by atoms with Crippen LogP contribution in [-0.2, 0) is 4.74 Å². The lowest BCUT2D eigenvalue weighted by Crippen LogP contribution is -2.20. The zero-order valence-electron chi connectivity index (χ0n) is 11.2. The second-order valence-corrected chi connectivity index (χ2v) is 4.12. The van der Waals surface area contributed by atoms with Crippen molar-refractivity contribution in [1.82, 2.24) is 5.32 Å². The molecule has 0 rings (SSSR count). The first kappa shape index (κ1) is 15.4. The maximum atomic E-state index is 5.32. The van der Waals surface area contributed by atoms with E-state index in [1.807, 2.05) is 20.0 Å². The van der Waals surface area contributed by atoms with Crippen molar-refractivity contribution < 1.29 is 4.74 Å². The normalized spacial score (nSPS) is 16.0. The van der Waals surface area contributed by atoms with Crippen LogP contribution in [0.2, 0.25) is 0 Å². The monoisotopic (exact) mass is 225 g/mol. The molecule has 2 unspecified atom stereocenters. The molecule has 2 atom stereocenters. The Morgan fingerprint density at radius 2 is 1.81 bits per heavy atom. The Morgan fingerprint density at radius 3 is 2.31 bits per heavy atom. The van der Waals surface area contributed by atoms with Gasteiger partial charge in [0.25, 0.3) is 0 Å². The minimum Gasteiger partial charge on any atom is -0.377 e. The number of ether oxygens (including phenoxy) is 1. The lowest BCUT2D eigenvalue weighted by molar-refractivity contribution is 0.134. The van der Waals surface area contributed by atoms with Crippen molar-refractivity contribution in [1.29, 1.82) is 0 Å². The Morgan fingerprint density at radius 1 is 1.19 bits per heavy atom. The number of rotatable bonds is 9. The zero-order valence-corrected chi connectivity index (χ0v) is 11.2. The number of nitrogens with one attached hydrogen (secondary N) is 1. The van der Waals surface area contributed by atoms with Crippen LogP contribution in [0, 0.1) is 0 Å². The van der Waals surface area contributed by atoms with Gasteiger partial charge in [0.1, 0.15) is 0 Å². The molecule has 0 aliphatic rings. The maximum absolute atomic E-state index is 5.32. The van der Waals surface area contributed by atoms with Gasteiger partial charge in [0.05, 0.1) is 6.10 Å². The molecule has 0 saturated carbocycles. The van der Waals surface area contributed by atoms with Crippen molar-refractivity contribution in [2.24, 2.45) is 0 Å². The van der Waals surface area contributed by atoms with Gasteiger partial charge in [-0.1, -0.05) is 24.3 Å². The molecule has 16 heavy (non-hydrogen) atoms. The van der Waals surface area contributed by atoms with Crippen LogP contribution in [0.15, 0.2) is 24.3 Å². The van der Waals surface area contributed by atoms with Gasteiger partial charge in [0.15, 0.2) is 0 Å². The number of hydrogen-bond acceptors (Lipinski definition) is 2. The van der Waals surface area contributed by atoms with E-state index in [0.717, 1.165) is 19.3 Å². The molecular weight excluding hydrogens is 198 g/mol. The van der Waals surface area contributed by atoms with Crippen LogP contribution in [0.1, 0.15) is 39.5 Å². The standard InChI is InChI=1S/C14H27NO/c1-5-10-14(16-4)12-9-7-6-8-11-13(2)15-3/h5-7,10,13-15H,8-9,11-12H2,1-4H3/b7-6+,10-5-. The van der Waals surface area contributed by atoms with Gasteiger partial charge < -0.3 is 10.1 Å². The second-order valence-electron chi connectivity index (χ2n) is 4.12. The molecule has 0 aromatic carbocycles. The molecule has 0 saturated heterocycles. The molecule has 0 aliphatic carbocycles. The fourth-order valence-corrected chi connectivity index (χ4v) is 1.49. The maximum Gasteiger partial charge on any atom is 0.0754 e. The van der Waals surface area contributed by atoms with Gasteiger partial charge in [-0.2, -0.15) is 0 Å². The number of methoxy groups -OCH3 is 1. The summed E-state index contributed by atoms with van der Waals surface area (Å²) < 4.78 is 5.32. The molecule has 2 heteroatoms. The minimum absolute atomic E-state index is 0.269. The van der Waals surface area contributed by atoms with E-state index in [4.69, 9.17) is 4.74 Å². The Hall–Kier alpha value is -0.600. The molecule has 0 bridgehead atoms. The van der Waals surface area contributed by atoms with Crippen molar-refractivity contribution in [2.45, 2.75) is 51.7 Å². The van der Waals surface area contributed by atoms with Gasteiger partial charge in [-0.05, 0) is 46.6 Å². The molecule has 0 aromatic rings. The third kappa shape index (κ3) is 8.69. The van der Waals surface area contributed by atoms with Crippen molar-refractivity contribution in [3.63, 3.8) is 0 Å². The van der Waals surface area contributed by atoms with Crippen LogP contribution in [0.4, 0.5) is 0 Å². The Bertz CT molecular complexity index is 199. The lowest BCUT2D eigenvalue weighted by atomic mass is 10.1. The predicted molar refractivity (Wildman–Crippen MR) is 71.7 cm³/mol. The molecule has 0 heterocycles. The van der Waals surface area contributed by atoms with Crippen LogP contribution in [0.25, 0.3) is 0 Å². The van der Waals surface area contributed by atoms with Crippen LogP contribution in [-0.4, -0.2) is 26.3 Å².